The molecule has 1 atom stereocenters. The summed E-state index contributed by atoms with van der Waals surface area (Å²) < 4.78 is 2.15. The van der Waals surface area contributed by atoms with Crippen LogP contribution < -0.4 is 0 Å². The molecule has 3 heterocycles. The van der Waals surface area contributed by atoms with Crippen molar-refractivity contribution in [1.82, 2.24) is 14.3 Å². The number of β-amino-alcohol motifs (C(OH)–C–C–N with tert-alkyl or cyclic N) is 1. The van der Waals surface area contributed by atoms with Crippen LogP contribution in [0.1, 0.15) is 28.0 Å². The molecule has 2 aromatic heterocycles. The third kappa shape index (κ3) is 4.05. The van der Waals surface area contributed by atoms with Gasteiger partial charge in [0.05, 0.1) is 11.8 Å². The molecule has 0 spiro atoms. The van der Waals surface area contributed by atoms with E-state index in [9.17, 15) is 9.90 Å². The van der Waals surface area contributed by atoms with Gasteiger partial charge < -0.3 is 5.11 Å². The normalized spacial score (nSPS) is 16.6. The van der Waals surface area contributed by atoms with E-state index < -0.39 is 0 Å². The van der Waals surface area contributed by atoms with E-state index in [0.717, 1.165) is 64.2 Å². The average Bonchev–Trinajstić information content (AvgIpc) is 3.56. The third-order valence-corrected chi connectivity index (χ3v) is 7.52. The summed E-state index contributed by atoms with van der Waals surface area (Å²) in [5, 5.41) is 14.2. The lowest BCUT2D eigenvalue weighted by molar-refractivity contribution is 0.0993. The van der Waals surface area contributed by atoms with Crippen LogP contribution in [0.15, 0.2) is 78.3 Å². The van der Waals surface area contributed by atoms with E-state index in [1.54, 1.807) is 11.3 Å². The Morgan fingerprint density at radius 1 is 1.06 bits per heavy atom. The summed E-state index contributed by atoms with van der Waals surface area (Å²) in [7, 11) is 0. The van der Waals surface area contributed by atoms with Crippen molar-refractivity contribution in [2.24, 2.45) is 0 Å². The van der Waals surface area contributed by atoms with Gasteiger partial charge in [-0.3, -0.25) is 14.1 Å². The van der Waals surface area contributed by atoms with Gasteiger partial charge >= 0.3 is 0 Å². The smallest absolute Gasteiger partial charge is 0.194 e. The van der Waals surface area contributed by atoms with E-state index in [4.69, 9.17) is 4.98 Å². The molecular weight excluding hydrogens is 442 g/mol. The molecule has 0 radical (unpaired) electrons. The van der Waals surface area contributed by atoms with Gasteiger partial charge in [-0.05, 0) is 28.8 Å². The maximum Gasteiger partial charge on any atom is 0.194 e. The highest BCUT2D eigenvalue weighted by atomic mass is 32.1. The second kappa shape index (κ2) is 8.80. The number of aliphatic hydroxyl groups is 1. The fraction of sp³-hybridized carbons (Fsp3) is 0.214. The Labute approximate surface area is 201 Å². The number of likely N-dealkylation sites (tertiary alicyclic amines) is 1. The Morgan fingerprint density at radius 3 is 2.74 bits per heavy atom. The van der Waals surface area contributed by atoms with E-state index in [-0.39, 0.29) is 11.9 Å². The molecule has 0 unspecified atom stereocenters. The number of benzene rings is 3. The van der Waals surface area contributed by atoms with Gasteiger partial charge in [0.2, 0.25) is 0 Å². The number of aliphatic hydroxyl groups excluding tert-OH is 1. The van der Waals surface area contributed by atoms with E-state index in [1.165, 1.54) is 5.69 Å². The van der Waals surface area contributed by atoms with E-state index in [1.807, 2.05) is 60.7 Å². The molecule has 34 heavy (non-hydrogen) atoms. The van der Waals surface area contributed by atoms with Gasteiger partial charge in [-0.15, -0.1) is 11.3 Å². The lowest BCUT2D eigenvalue weighted by atomic mass is 9.96. The van der Waals surface area contributed by atoms with Crippen LogP contribution in [0.2, 0.25) is 0 Å². The van der Waals surface area contributed by atoms with Crippen molar-refractivity contribution in [3.8, 4) is 11.3 Å². The Bertz CT molecular complexity index is 1500. The number of hydrogen-bond donors (Lipinski definition) is 1. The Balaban J connectivity index is 1.28. The molecule has 0 amide bonds. The van der Waals surface area contributed by atoms with Crippen LogP contribution in [0, 0.1) is 0 Å². The van der Waals surface area contributed by atoms with E-state index in [2.05, 4.69) is 26.9 Å². The molecule has 1 aliphatic rings. The number of nitrogens with zero attached hydrogens (tertiary/aromatic N) is 3. The number of rotatable bonds is 6. The molecule has 6 heteroatoms. The monoisotopic (exact) mass is 467 g/mol. The molecule has 1 aliphatic heterocycles. The predicted octanol–water partition coefficient (Wildman–Crippen LogP) is 5.21. The van der Waals surface area contributed by atoms with Gasteiger partial charge in [0.25, 0.3) is 0 Å². The Kier molecular flexibility index (Phi) is 5.49. The molecule has 6 rings (SSSR count). The number of carbonyl (C=O) groups is 1. The maximum atomic E-state index is 13.2. The summed E-state index contributed by atoms with van der Waals surface area (Å²) in [5.41, 5.74) is 4.77. The summed E-state index contributed by atoms with van der Waals surface area (Å²) >= 11 is 1.63. The van der Waals surface area contributed by atoms with Crippen molar-refractivity contribution < 1.29 is 9.90 Å². The van der Waals surface area contributed by atoms with Crippen molar-refractivity contribution in [2.45, 2.75) is 25.5 Å². The molecule has 170 valence electrons. The van der Waals surface area contributed by atoms with Gasteiger partial charge in [0, 0.05) is 54.5 Å². The van der Waals surface area contributed by atoms with Crippen LogP contribution in [-0.2, 0) is 13.0 Å². The van der Waals surface area contributed by atoms with Gasteiger partial charge in [0.1, 0.15) is 0 Å². The first-order chi connectivity index (χ1) is 16.6. The number of imidazole rings is 1. The first-order valence-electron chi connectivity index (χ1n) is 11.6. The zero-order valence-electron chi connectivity index (χ0n) is 18.7. The molecule has 0 bridgehead atoms. The summed E-state index contributed by atoms with van der Waals surface area (Å²) in [6, 6.07) is 22.1. The second-order valence-corrected chi connectivity index (χ2v) is 9.84. The van der Waals surface area contributed by atoms with Crippen molar-refractivity contribution in [1.29, 1.82) is 0 Å². The van der Waals surface area contributed by atoms with Crippen molar-refractivity contribution >= 4 is 32.9 Å². The highest BCUT2D eigenvalue weighted by Gasteiger charge is 2.22. The van der Waals surface area contributed by atoms with Crippen LogP contribution in [-0.4, -0.2) is 44.4 Å². The van der Waals surface area contributed by atoms with Gasteiger partial charge in [0.15, 0.2) is 10.7 Å². The Morgan fingerprint density at radius 2 is 1.88 bits per heavy atom. The molecular formula is C28H25N3O2S. The lowest BCUT2D eigenvalue weighted by Crippen LogP contribution is -2.22. The fourth-order valence-electron chi connectivity index (χ4n) is 4.82. The number of hydrogen-bond acceptors (Lipinski definition) is 5. The number of ketones is 1. The van der Waals surface area contributed by atoms with E-state index >= 15 is 0 Å². The molecule has 0 aliphatic carbocycles. The number of thiazole rings is 1. The Hall–Kier alpha value is -3.32. The maximum absolute atomic E-state index is 13.2. The molecule has 1 fully saturated rings. The minimum Gasteiger partial charge on any atom is -0.392 e. The largest absolute Gasteiger partial charge is 0.392 e. The number of aromatic nitrogens is 2. The van der Waals surface area contributed by atoms with Crippen molar-refractivity contribution in [2.75, 3.05) is 13.1 Å². The topological polar surface area (TPSA) is 57.8 Å². The lowest BCUT2D eigenvalue weighted by Gasteiger charge is -2.13. The zero-order chi connectivity index (χ0) is 23.1. The average molecular weight is 468 g/mol. The zero-order valence-corrected chi connectivity index (χ0v) is 19.5. The summed E-state index contributed by atoms with van der Waals surface area (Å²) in [6.07, 6.45) is 3.02. The fourth-order valence-corrected chi connectivity index (χ4v) is 5.68. The van der Waals surface area contributed by atoms with Gasteiger partial charge in [-0.1, -0.05) is 60.7 Å². The molecule has 3 aromatic carbocycles. The number of carbonyl (C=O) groups excluding carboxylic acids is 1. The minimum atomic E-state index is -0.223. The quantitative estimate of drug-likeness (QED) is 0.349. The van der Waals surface area contributed by atoms with Crippen molar-refractivity contribution in [3.05, 3.63) is 95.1 Å². The van der Waals surface area contributed by atoms with Crippen LogP contribution in [0.5, 0.6) is 0 Å². The standard InChI is InChI=1S/C28H25N3O2S/c32-24-11-12-30(16-24)15-23-18-34-28-29-26(17-31(23)28)25-8-4-3-7-21(25)14-27(33)22-10-9-19-5-1-2-6-20(19)13-22/h1-10,13,17-18,24,32H,11-12,14-16H2/t24-/m1/s1. The molecule has 0 saturated carbocycles. The van der Waals surface area contributed by atoms with Crippen LogP contribution in [0.4, 0.5) is 0 Å². The number of fused-ring (bicyclic) bond motifs is 2. The first-order valence-corrected chi connectivity index (χ1v) is 12.5. The summed E-state index contributed by atoms with van der Waals surface area (Å²) in [6.45, 7) is 2.44. The molecule has 1 saturated heterocycles. The number of Topliss-reactive ketones (excluding diaryl/α,β-unsaturated/α-hetero) is 1. The highest BCUT2D eigenvalue weighted by molar-refractivity contribution is 7.15. The van der Waals surface area contributed by atoms with Gasteiger partial charge in [-0.2, -0.15) is 0 Å². The van der Waals surface area contributed by atoms with Crippen LogP contribution >= 0.6 is 11.3 Å². The molecule has 5 nitrogen and oxygen atoms in total. The third-order valence-electron chi connectivity index (χ3n) is 6.63. The van der Waals surface area contributed by atoms with Crippen LogP contribution in [0.25, 0.3) is 27.0 Å². The predicted molar refractivity (Wildman–Crippen MR) is 136 cm³/mol. The minimum absolute atomic E-state index is 0.104. The SMILES string of the molecule is O=C(Cc1ccccc1-c1cn2c(CN3CC[C@@H](O)C3)csc2n1)c1ccc2ccccc2c1. The highest BCUT2D eigenvalue weighted by Crippen LogP contribution is 2.28. The van der Waals surface area contributed by atoms with E-state index in [0.29, 0.717) is 6.42 Å². The van der Waals surface area contributed by atoms with Crippen molar-refractivity contribution in [3.63, 3.8) is 0 Å². The summed E-state index contributed by atoms with van der Waals surface area (Å²) in [5.74, 6) is 0.104. The summed E-state index contributed by atoms with van der Waals surface area (Å²) in [4.78, 5) is 21.3. The second-order valence-electron chi connectivity index (χ2n) is 9.00. The van der Waals surface area contributed by atoms with Crippen LogP contribution in [0.3, 0.4) is 0 Å². The molecule has 1 N–H and O–H groups in total. The molecule has 5 aromatic rings. The van der Waals surface area contributed by atoms with Gasteiger partial charge in [-0.25, -0.2) is 4.98 Å². The first kappa shape index (κ1) is 21.2.